The second kappa shape index (κ2) is 8.82. The van der Waals surface area contributed by atoms with E-state index in [9.17, 15) is 4.79 Å². The smallest absolute Gasteiger partial charge is 0.414 e. The summed E-state index contributed by atoms with van der Waals surface area (Å²) in [7, 11) is 0. The van der Waals surface area contributed by atoms with E-state index in [1.165, 1.54) is 6.07 Å². The van der Waals surface area contributed by atoms with Gasteiger partial charge in [-0.25, -0.2) is 4.79 Å². The summed E-state index contributed by atoms with van der Waals surface area (Å²) in [4.78, 5) is 13.2. The van der Waals surface area contributed by atoms with Crippen LogP contribution in [-0.4, -0.2) is 31.0 Å². The van der Waals surface area contributed by atoms with E-state index in [2.05, 4.69) is 15.9 Å². The van der Waals surface area contributed by atoms with Crippen molar-refractivity contribution < 1.29 is 19.4 Å². The Morgan fingerprint density at radius 1 is 1.44 bits per heavy atom. The SMILES string of the molecule is CCOC(=O)N1CCOc2ccccc21.Nc1cc(Cl)cc(Br)c1O. The van der Waals surface area contributed by atoms with Crippen molar-refractivity contribution in [1.82, 2.24) is 0 Å². The maximum atomic E-state index is 11.6. The molecular formula is C17H18BrClN2O4. The number of nitrogens with zero attached hydrogens (tertiary/aromatic N) is 1. The topological polar surface area (TPSA) is 85.0 Å². The lowest BCUT2D eigenvalue weighted by atomic mass is 10.2. The average molecular weight is 430 g/mol. The number of hydrogen-bond donors (Lipinski definition) is 2. The minimum atomic E-state index is -0.312. The van der Waals surface area contributed by atoms with Crippen LogP contribution >= 0.6 is 27.5 Å². The number of phenolic OH excluding ortho intramolecular Hbond substituents is 1. The molecule has 134 valence electrons. The molecule has 0 bridgehead atoms. The molecule has 0 saturated carbocycles. The summed E-state index contributed by atoms with van der Waals surface area (Å²) in [5.41, 5.74) is 6.41. The highest BCUT2D eigenvalue weighted by molar-refractivity contribution is 9.10. The van der Waals surface area contributed by atoms with Crippen molar-refractivity contribution in [2.75, 3.05) is 30.4 Å². The molecule has 1 heterocycles. The molecule has 1 amide bonds. The van der Waals surface area contributed by atoms with Gasteiger partial charge in [-0.1, -0.05) is 23.7 Å². The van der Waals surface area contributed by atoms with E-state index in [1.807, 2.05) is 24.3 Å². The van der Waals surface area contributed by atoms with Gasteiger partial charge < -0.3 is 20.3 Å². The third-order valence-electron chi connectivity index (χ3n) is 3.27. The number of halogens is 2. The molecule has 0 radical (unpaired) electrons. The quantitative estimate of drug-likeness (QED) is 0.517. The number of anilines is 2. The van der Waals surface area contributed by atoms with Gasteiger partial charge in [0.15, 0.2) is 5.75 Å². The minimum absolute atomic E-state index is 0.0319. The van der Waals surface area contributed by atoms with Crippen LogP contribution in [0.25, 0.3) is 0 Å². The lowest BCUT2D eigenvalue weighted by Gasteiger charge is -2.28. The van der Waals surface area contributed by atoms with Crippen molar-refractivity contribution in [3.05, 3.63) is 45.9 Å². The van der Waals surface area contributed by atoms with Crippen molar-refractivity contribution in [1.29, 1.82) is 0 Å². The van der Waals surface area contributed by atoms with Crippen LogP contribution in [0.1, 0.15) is 6.92 Å². The highest BCUT2D eigenvalue weighted by Crippen LogP contribution is 2.33. The summed E-state index contributed by atoms with van der Waals surface area (Å²) in [5, 5.41) is 9.60. The third-order valence-corrected chi connectivity index (χ3v) is 4.10. The molecule has 8 heteroatoms. The van der Waals surface area contributed by atoms with E-state index in [4.69, 9.17) is 31.9 Å². The molecule has 0 saturated heterocycles. The van der Waals surface area contributed by atoms with Crippen LogP contribution in [0.2, 0.25) is 5.02 Å². The Labute approximate surface area is 159 Å². The first kappa shape index (κ1) is 19.2. The number of rotatable bonds is 1. The van der Waals surface area contributed by atoms with Crippen molar-refractivity contribution in [3.63, 3.8) is 0 Å². The van der Waals surface area contributed by atoms with Crippen LogP contribution in [0.15, 0.2) is 40.9 Å². The Balaban J connectivity index is 0.000000196. The molecule has 0 fully saturated rings. The van der Waals surface area contributed by atoms with Crippen LogP contribution in [0.3, 0.4) is 0 Å². The zero-order chi connectivity index (χ0) is 18.4. The molecule has 3 rings (SSSR count). The number of amides is 1. The van der Waals surface area contributed by atoms with Crippen molar-refractivity contribution in [2.24, 2.45) is 0 Å². The maximum absolute atomic E-state index is 11.6. The Kier molecular flexibility index (Phi) is 6.78. The van der Waals surface area contributed by atoms with Crippen LogP contribution in [0.4, 0.5) is 16.2 Å². The number of nitrogen functional groups attached to an aromatic ring is 1. The van der Waals surface area contributed by atoms with E-state index < -0.39 is 0 Å². The Bertz CT molecular complexity index is 734. The maximum Gasteiger partial charge on any atom is 0.414 e. The Hall–Kier alpha value is -2.12. The van der Waals surface area contributed by atoms with Crippen molar-refractivity contribution in [2.45, 2.75) is 6.92 Å². The van der Waals surface area contributed by atoms with E-state index in [0.717, 1.165) is 11.4 Å². The van der Waals surface area contributed by atoms with Gasteiger partial charge in [-0.05, 0) is 47.1 Å². The lowest BCUT2D eigenvalue weighted by Crippen LogP contribution is -2.38. The number of hydrogen-bond acceptors (Lipinski definition) is 5. The second-order valence-electron chi connectivity index (χ2n) is 4.99. The van der Waals surface area contributed by atoms with Crippen LogP contribution in [0, 0.1) is 0 Å². The number of fused-ring (bicyclic) bond motifs is 1. The van der Waals surface area contributed by atoms with Gasteiger partial charge in [0.1, 0.15) is 12.4 Å². The lowest BCUT2D eigenvalue weighted by molar-refractivity contribution is 0.156. The van der Waals surface area contributed by atoms with Gasteiger partial charge in [-0.3, -0.25) is 4.90 Å². The number of para-hydroxylation sites is 2. The molecule has 2 aromatic carbocycles. The highest BCUT2D eigenvalue weighted by Gasteiger charge is 2.23. The third kappa shape index (κ3) is 4.93. The van der Waals surface area contributed by atoms with Crippen LogP contribution in [-0.2, 0) is 4.74 Å². The zero-order valence-electron chi connectivity index (χ0n) is 13.5. The Morgan fingerprint density at radius 3 is 2.84 bits per heavy atom. The van der Waals surface area contributed by atoms with E-state index in [1.54, 1.807) is 17.9 Å². The second-order valence-corrected chi connectivity index (χ2v) is 6.28. The monoisotopic (exact) mass is 428 g/mol. The first-order valence-electron chi connectivity index (χ1n) is 7.53. The summed E-state index contributed by atoms with van der Waals surface area (Å²) in [5.74, 6) is 0.765. The predicted octanol–water partition coefficient (Wildman–Crippen LogP) is 4.43. The molecular weight excluding hydrogens is 412 g/mol. The largest absolute Gasteiger partial charge is 0.505 e. The molecule has 0 aromatic heterocycles. The average Bonchev–Trinajstić information content (AvgIpc) is 2.60. The molecule has 1 aliphatic heterocycles. The fourth-order valence-electron chi connectivity index (χ4n) is 2.15. The fraction of sp³-hybridized carbons (Fsp3) is 0.235. The van der Waals surface area contributed by atoms with Gasteiger partial charge >= 0.3 is 6.09 Å². The zero-order valence-corrected chi connectivity index (χ0v) is 15.9. The van der Waals surface area contributed by atoms with Crippen molar-refractivity contribution in [3.8, 4) is 11.5 Å². The predicted molar refractivity (Wildman–Crippen MR) is 102 cm³/mol. The number of carbonyl (C=O) groups is 1. The normalized spacial score (nSPS) is 12.4. The van der Waals surface area contributed by atoms with Gasteiger partial charge in [-0.2, -0.15) is 0 Å². The number of ether oxygens (including phenoxy) is 2. The summed E-state index contributed by atoms with van der Waals surface area (Å²) in [6.07, 6.45) is -0.312. The van der Waals surface area contributed by atoms with Gasteiger partial charge in [0.2, 0.25) is 0 Å². The van der Waals surface area contributed by atoms with Gasteiger partial charge in [0, 0.05) is 5.02 Å². The molecule has 6 nitrogen and oxygen atoms in total. The first-order valence-corrected chi connectivity index (χ1v) is 8.70. The number of nitrogens with two attached hydrogens (primary N) is 1. The molecule has 0 unspecified atom stereocenters. The summed E-state index contributed by atoms with van der Waals surface area (Å²) in [6.45, 7) is 3.23. The standard InChI is InChI=1S/C11H13NO3.C6H5BrClNO/c1-2-14-11(13)12-7-8-15-10-6-4-3-5-9(10)12;7-4-1-3(8)2-5(9)6(4)10/h3-6H,2,7-8H2,1H3;1-2,10H,9H2. The Morgan fingerprint density at radius 2 is 2.16 bits per heavy atom. The van der Waals surface area contributed by atoms with E-state index in [0.29, 0.717) is 29.3 Å². The minimum Gasteiger partial charge on any atom is -0.505 e. The molecule has 3 N–H and O–H groups in total. The molecule has 25 heavy (non-hydrogen) atoms. The van der Waals surface area contributed by atoms with Gasteiger partial charge in [-0.15, -0.1) is 0 Å². The molecule has 2 aromatic rings. The molecule has 0 aliphatic carbocycles. The van der Waals surface area contributed by atoms with E-state index >= 15 is 0 Å². The number of carbonyl (C=O) groups excluding carboxylic acids is 1. The van der Waals surface area contributed by atoms with Crippen LogP contribution in [0.5, 0.6) is 11.5 Å². The fourth-order valence-corrected chi connectivity index (χ4v) is 2.98. The first-order chi connectivity index (χ1) is 11.9. The summed E-state index contributed by atoms with van der Waals surface area (Å²) >= 11 is 8.68. The molecule has 0 spiro atoms. The summed E-state index contributed by atoms with van der Waals surface area (Å²) in [6, 6.07) is 10.5. The van der Waals surface area contributed by atoms with Crippen molar-refractivity contribution >= 4 is 45.0 Å². The summed E-state index contributed by atoms with van der Waals surface area (Å²) < 4.78 is 10.9. The van der Waals surface area contributed by atoms with Gasteiger partial charge in [0.05, 0.1) is 29.0 Å². The molecule has 0 atom stereocenters. The number of phenols is 1. The number of benzene rings is 2. The highest BCUT2D eigenvalue weighted by atomic mass is 79.9. The van der Waals surface area contributed by atoms with Crippen LogP contribution < -0.4 is 15.4 Å². The van der Waals surface area contributed by atoms with E-state index in [-0.39, 0.29) is 17.5 Å². The molecule has 1 aliphatic rings. The van der Waals surface area contributed by atoms with Gasteiger partial charge in [0.25, 0.3) is 0 Å². The number of aromatic hydroxyl groups is 1.